The van der Waals surface area contributed by atoms with Crippen LogP contribution in [-0.4, -0.2) is 51.9 Å². The van der Waals surface area contributed by atoms with E-state index in [1.165, 1.54) is 11.8 Å². The van der Waals surface area contributed by atoms with Crippen LogP contribution in [0.2, 0.25) is 5.02 Å². The maximum Gasteiger partial charge on any atom is 0.252 e. The highest BCUT2D eigenvalue weighted by molar-refractivity contribution is 7.84. The maximum atomic E-state index is 13.3. The van der Waals surface area contributed by atoms with Crippen LogP contribution in [0.1, 0.15) is 35.7 Å². The molecule has 10 heteroatoms. The predicted molar refractivity (Wildman–Crippen MR) is 143 cm³/mol. The summed E-state index contributed by atoms with van der Waals surface area (Å²) < 4.78 is 17.6. The number of benzene rings is 2. The lowest BCUT2D eigenvalue weighted by atomic mass is 10.0. The lowest BCUT2D eigenvalue weighted by Crippen LogP contribution is -2.39. The van der Waals surface area contributed by atoms with Gasteiger partial charge in [0.2, 0.25) is 5.91 Å². The minimum Gasteiger partial charge on any atom is -0.377 e. The van der Waals surface area contributed by atoms with Crippen LogP contribution >= 0.6 is 11.6 Å². The predicted octanol–water partition coefficient (Wildman–Crippen LogP) is 4.09. The van der Waals surface area contributed by atoms with E-state index in [-0.39, 0.29) is 17.9 Å². The van der Waals surface area contributed by atoms with Crippen molar-refractivity contribution in [2.24, 2.45) is 0 Å². The molecule has 2 aromatic carbocycles. The quantitative estimate of drug-likeness (QED) is 0.526. The molecule has 5 rings (SSSR count). The summed E-state index contributed by atoms with van der Waals surface area (Å²) in [4.78, 5) is 34.5. The number of carbonyl (C=O) groups excluding carboxylic acids is 2. The smallest absolute Gasteiger partial charge is 0.252 e. The molecule has 1 saturated heterocycles. The van der Waals surface area contributed by atoms with Crippen molar-refractivity contribution in [3.63, 3.8) is 0 Å². The van der Waals surface area contributed by atoms with Crippen LogP contribution in [0.15, 0.2) is 65.7 Å². The Kier molecular flexibility index (Phi) is 7.28. The molecule has 3 atom stereocenters. The van der Waals surface area contributed by atoms with Crippen LogP contribution in [0.4, 0.5) is 11.5 Å². The van der Waals surface area contributed by atoms with Gasteiger partial charge in [0.05, 0.1) is 31.1 Å². The number of ether oxygens (including phenoxy) is 1. The molecule has 1 N–H and O–H groups in total. The molecule has 0 saturated carbocycles. The van der Waals surface area contributed by atoms with E-state index in [1.807, 2.05) is 30.3 Å². The highest BCUT2D eigenvalue weighted by Gasteiger charge is 2.37. The van der Waals surface area contributed by atoms with Gasteiger partial charge in [-0.15, -0.1) is 0 Å². The normalized spacial score (nSPS) is 19.9. The van der Waals surface area contributed by atoms with Gasteiger partial charge in [-0.2, -0.15) is 0 Å². The average Bonchev–Trinajstić information content (AvgIpc) is 3.29. The molecule has 2 unspecified atom stereocenters. The van der Waals surface area contributed by atoms with Crippen molar-refractivity contribution in [3.05, 3.63) is 82.5 Å². The Morgan fingerprint density at radius 2 is 2.00 bits per heavy atom. The van der Waals surface area contributed by atoms with Crippen molar-refractivity contribution in [2.45, 2.75) is 30.4 Å². The monoisotopic (exact) mass is 538 g/mol. The number of rotatable bonds is 5. The van der Waals surface area contributed by atoms with Gasteiger partial charge in [0.25, 0.3) is 5.91 Å². The number of pyridine rings is 1. The molecule has 37 heavy (non-hydrogen) atoms. The van der Waals surface area contributed by atoms with Gasteiger partial charge in [-0.05, 0) is 53.1 Å². The lowest BCUT2D eigenvalue weighted by Gasteiger charge is -2.37. The van der Waals surface area contributed by atoms with E-state index >= 15 is 0 Å². The first-order valence-corrected chi connectivity index (χ1v) is 13.9. The summed E-state index contributed by atoms with van der Waals surface area (Å²) in [6, 6.07) is 16.0. The number of aromatic nitrogens is 1. The van der Waals surface area contributed by atoms with Crippen molar-refractivity contribution in [3.8, 4) is 0 Å². The molecule has 3 aromatic rings. The Morgan fingerprint density at radius 3 is 2.70 bits per heavy atom. The van der Waals surface area contributed by atoms with E-state index in [0.717, 1.165) is 22.4 Å². The molecular formula is C27H27ClN4O4S. The fraction of sp³-hybridized carbons (Fsp3) is 0.296. The minimum atomic E-state index is -1.15. The molecule has 0 bridgehead atoms. The van der Waals surface area contributed by atoms with E-state index in [4.69, 9.17) is 16.3 Å². The third-order valence-corrected chi connectivity index (χ3v) is 7.89. The molecule has 1 fully saturated rings. The highest BCUT2D eigenvalue weighted by atomic mass is 35.5. The number of hydrogen-bond donors (Lipinski definition) is 1. The summed E-state index contributed by atoms with van der Waals surface area (Å²) in [5, 5.41) is 3.54. The minimum absolute atomic E-state index is 0.00357. The topological polar surface area (TPSA) is 91.8 Å². The number of hydrogen-bond acceptors (Lipinski definition) is 6. The van der Waals surface area contributed by atoms with Crippen LogP contribution in [0.5, 0.6) is 0 Å². The third kappa shape index (κ3) is 5.25. The zero-order valence-corrected chi connectivity index (χ0v) is 22.1. The SMILES string of the molecule is CC(=O)N1Cc2cc(S(C)=O)ccc2C1C(=O)Nc1ccc(N2CCOC[C@H]2c2cccc(Cl)c2)cn1. The van der Waals surface area contributed by atoms with Gasteiger partial charge in [0.15, 0.2) is 0 Å². The number of nitrogens with zero attached hydrogens (tertiary/aromatic N) is 3. The second-order valence-electron chi connectivity index (χ2n) is 9.09. The summed E-state index contributed by atoms with van der Waals surface area (Å²) >= 11 is 6.21. The first-order valence-electron chi connectivity index (χ1n) is 11.9. The number of carbonyl (C=O) groups is 2. The van der Waals surface area contributed by atoms with E-state index in [9.17, 15) is 13.8 Å². The average molecular weight is 539 g/mol. The largest absolute Gasteiger partial charge is 0.377 e. The summed E-state index contributed by atoms with van der Waals surface area (Å²) in [7, 11) is -1.15. The summed E-state index contributed by atoms with van der Waals surface area (Å²) in [6.45, 7) is 3.57. The van der Waals surface area contributed by atoms with Crippen LogP contribution in [0.25, 0.3) is 0 Å². The Morgan fingerprint density at radius 1 is 1.16 bits per heavy atom. The van der Waals surface area contributed by atoms with Gasteiger partial charge in [0.1, 0.15) is 11.9 Å². The molecule has 8 nitrogen and oxygen atoms in total. The Labute approximate surface area is 223 Å². The number of halogens is 1. The number of morpholine rings is 1. The number of fused-ring (bicyclic) bond motifs is 1. The number of anilines is 2. The van der Waals surface area contributed by atoms with E-state index in [2.05, 4.69) is 15.2 Å². The van der Waals surface area contributed by atoms with Crippen molar-refractivity contribution in [1.82, 2.24) is 9.88 Å². The Balaban J connectivity index is 1.35. The zero-order chi connectivity index (χ0) is 26.1. The van der Waals surface area contributed by atoms with Crippen LogP contribution < -0.4 is 10.2 Å². The van der Waals surface area contributed by atoms with Gasteiger partial charge in [-0.25, -0.2) is 4.98 Å². The van der Waals surface area contributed by atoms with E-state index in [1.54, 1.807) is 36.7 Å². The van der Waals surface area contributed by atoms with Crippen LogP contribution in [0.3, 0.4) is 0 Å². The molecule has 0 aliphatic carbocycles. The summed E-state index contributed by atoms with van der Waals surface area (Å²) in [5.41, 5.74) is 3.52. The van der Waals surface area contributed by atoms with Crippen molar-refractivity contribution < 1.29 is 18.5 Å². The van der Waals surface area contributed by atoms with Crippen LogP contribution in [0, 0.1) is 0 Å². The summed E-state index contributed by atoms with van der Waals surface area (Å²) in [5.74, 6) is -0.162. The van der Waals surface area contributed by atoms with Gasteiger partial charge in [-0.1, -0.05) is 29.8 Å². The maximum absolute atomic E-state index is 13.3. The van der Waals surface area contributed by atoms with Crippen LogP contribution in [-0.2, 0) is 31.7 Å². The van der Waals surface area contributed by atoms with E-state index in [0.29, 0.717) is 42.0 Å². The standard InChI is InChI=1S/C27H27ClN4O4S/c1-17(33)32-15-19-13-22(37(2)35)7-8-23(19)26(32)27(34)30-25-9-6-21(14-29-25)31-10-11-36-16-24(31)18-4-3-5-20(28)12-18/h3-9,12-14,24,26H,10-11,15-16H2,1-2H3,(H,29,30,34)/t24-,26?,37?/m0/s1. The third-order valence-electron chi connectivity index (χ3n) is 6.74. The molecule has 3 heterocycles. The first kappa shape index (κ1) is 25.4. The second kappa shape index (κ2) is 10.6. The number of amides is 2. The zero-order valence-electron chi connectivity index (χ0n) is 20.5. The van der Waals surface area contributed by atoms with Gasteiger partial charge < -0.3 is 19.9 Å². The first-order chi connectivity index (χ1) is 17.8. The van der Waals surface area contributed by atoms with Gasteiger partial charge in [-0.3, -0.25) is 13.8 Å². The fourth-order valence-electron chi connectivity index (χ4n) is 4.91. The molecule has 1 aromatic heterocycles. The lowest BCUT2D eigenvalue weighted by molar-refractivity contribution is -0.136. The molecule has 2 amide bonds. The van der Waals surface area contributed by atoms with Crippen molar-refractivity contribution in [1.29, 1.82) is 0 Å². The van der Waals surface area contributed by atoms with Gasteiger partial charge in [0, 0.05) is 47.0 Å². The molecule has 0 radical (unpaired) electrons. The molecular weight excluding hydrogens is 512 g/mol. The molecule has 2 aliphatic rings. The Bertz CT molecular complexity index is 1370. The van der Waals surface area contributed by atoms with Gasteiger partial charge >= 0.3 is 0 Å². The Hall–Kier alpha value is -3.27. The van der Waals surface area contributed by atoms with Crippen molar-refractivity contribution in [2.75, 3.05) is 36.2 Å². The summed E-state index contributed by atoms with van der Waals surface area (Å²) in [6.07, 6.45) is 3.33. The van der Waals surface area contributed by atoms with Crippen molar-refractivity contribution >= 4 is 45.7 Å². The molecule has 0 spiro atoms. The molecule has 2 aliphatic heterocycles. The highest BCUT2D eigenvalue weighted by Crippen LogP contribution is 2.36. The second-order valence-corrected chi connectivity index (χ2v) is 10.9. The fourth-order valence-corrected chi connectivity index (χ4v) is 5.68. The molecule has 192 valence electrons. The number of nitrogens with one attached hydrogen (secondary N) is 1. The van der Waals surface area contributed by atoms with E-state index < -0.39 is 16.8 Å².